The molecule has 0 radical (unpaired) electrons. The summed E-state index contributed by atoms with van der Waals surface area (Å²) in [6.45, 7) is 0.433. The van der Waals surface area contributed by atoms with E-state index in [-0.39, 0.29) is 29.8 Å². The van der Waals surface area contributed by atoms with Crippen molar-refractivity contribution in [1.29, 1.82) is 0 Å². The Hall–Kier alpha value is -1.71. The van der Waals surface area contributed by atoms with Crippen molar-refractivity contribution in [1.82, 2.24) is 9.29 Å². The monoisotopic (exact) mass is 430 g/mol. The fourth-order valence-electron chi connectivity index (χ4n) is 2.62. The van der Waals surface area contributed by atoms with Crippen LogP contribution >= 0.6 is 15.9 Å². The third-order valence-electron chi connectivity index (χ3n) is 3.85. The van der Waals surface area contributed by atoms with Crippen LogP contribution in [0, 0.1) is 5.82 Å². The van der Waals surface area contributed by atoms with Crippen LogP contribution < -0.4 is 9.47 Å². The van der Waals surface area contributed by atoms with Crippen molar-refractivity contribution in [2.24, 2.45) is 0 Å². The minimum absolute atomic E-state index is 0.109. The number of pyridine rings is 1. The summed E-state index contributed by atoms with van der Waals surface area (Å²) in [5.74, 6) is -0.114. The van der Waals surface area contributed by atoms with Gasteiger partial charge in [-0.05, 0) is 52.7 Å². The molecule has 1 aliphatic rings. The van der Waals surface area contributed by atoms with Crippen LogP contribution in [0.5, 0.6) is 11.6 Å². The van der Waals surface area contributed by atoms with E-state index >= 15 is 0 Å². The van der Waals surface area contributed by atoms with Gasteiger partial charge in [0.15, 0.2) is 0 Å². The average molecular weight is 431 g/mol. The van der Waals surface area contributed by atoms with E-state index < -0.39 is 15.8 Å². The maximum absolute atomic E-state index is 13.5. The van der Waals surface area contributed by atoms with Gasteiger partial charge in [-0.1, -0.05) is 0 Å². The quantitative estimate of drug-likeness (QED) is 0.729. The molecule has 3 rings (SSSR count). The van der Waals surface area contributed by atoms with Crippen LogP contribution in [0.15, 0.2) is 45.9 Å². The fraction of sp³-hybridized carbons (Fsp3) is 0.312. The second-order valence-corrected chi connectivity index (χ2v) is 8.24. The molecule has 1 aromatic heterocycles. The van der Waals surface area contributed by atoms with Gasteiger partial charge in [0, 0.05) is 12.7 Å². The molecule has 1 saturated heterocycles. The Morgan fingerprint density at radius 1 is 1.36 bits per heavy atom. The lowest BCUT2D eigenvalue weighted by Gasteiger charge is -2.18. The Kier molecular flexibility index (Phi) is 5.26. The van der Waals surface area contributed by atoms with Gasteiger partial charge in [0.1, 0.15) is 22.6 Å². The molecule has 1 unspecified atom stereocenters. The van der Waals surface area contributed by atoms with Crippen molar-refractivity contribution < 1.29 is 22.3 Å². The summed E-state index contributed by atoms with van der Waals surface area (Å²) in [4.78, 5) is 3.93. The highest BCUT2D eigenvalue weighted by Gasteiger charge is 2.35. The van der Waals surface area contributed by atoms with E-state index in [0.29, 0.717) is 16.8 Å². The number of nitrogens with zero attached hydrogens (tertiary/aromatic N) is 2. The number of halogens is 2. The minimum atomic E-state index is -3.88. The molecule has 2 aromatic rings. The molecule has 6 nitrogen and oxygen atoms in total. The number of hydrogen-bond donors (Lipinski definition) is 0. The molecule has 1 atom stereocenters. The number of aromatic nitrogens is 1. The van der Waals surface area contributed by atoms with Crippen LogP contribution in [0.3, 0.4) is 0 Å². The second-order valence-electron chi connectivity index (χ2n) is 5.48. The standard InChI is InChI=1S/C16H16BrFN2O4S/c1-23-14-5-4-11(18)9-15(14)25(21,22)20-8-6-12(10-20)24-16-13(17)3-2-7-19-16/h2-5,7,9,12H,6,8,10H2,1H3. The van der Waals surface area contributed by atoms with Gasteiger partial charge >= 0.3 is 0 Å². The number of benzene rings is 1. The maximum atomic E-state index is 13.5. The summed E-state index contributed by atoms with van der Waals surface area (Å²) in [7, 11) is -2.54. The SMILES string of the molecule is COc1ccc(F)cc1S(=O)(=O)N1CCC(Oc2ncccc2Br)C1. The van der Waals surface area contributed by atoms with Gasteiger partial charge < -0.3 is 9.47 Å². The summed E-state index contributed by atoms with van der Waals surface area (Å²) in [6, 6.07) is 6.99. The minimum Gasteiger partial charge on any atom is -0.495 e. The molecule has 1 aromatic carbocycles. The van der Waals surface area contributed by atoms with Gasteiger partial charge in [-0.25, -0.2) is 17.8 Å². The first-order chi connectivity index (χ1) is 11.9. The van der Waals surface area contributed by atoms with Gasteiger partial charge in [-0.2, -0.15) is 4.31 Å². The normalized spacial score (nSPS) is 18.3. The topological polar surface area (TPSA) is 68.7 Å². The van der Waals surface area contributed by atoms with Gasteiger partial charge in [0.05, 0.1) is 18.1 Å². The Balaban J connectivity index is 1.79. The molecule has 1 aliphatic heterocycles. The van der Waals surface area contributed by atoms with Gasteiger partial charge in [0.25, 0.3) is 0 Å². The first-order valence-corrected chi connectivity index (χ1v) is 9.76. The van der Waals surface area contributed by atoms with Gasteiger partial charge in [0.2, 0.25) is 15.9 Å². The van der Waals surface area contributed by atoms with Gasteiger partial charge in [-0.3, -0.25) is 0 Å². The Morgan fingerprint density at radius 3 is 2.88 bits per heavy atom. The van der Waals surface area contributed by atoms with Crippen LogP contribution in [-0.4, -0.2) is 44.0 Å². The molecule has 2 heterocycles. The van der Waals surface area contributed by atoms with Crippen LogP contribution in [0.4, 0.5) is 4.39 Å². The molecule has 25 heavy (non-hydrogen) atoms. The van der Waals surface area contributed by atoms with E-state index in [1.54, 1.807) is 18.3 Å². The molecule has 0 amide bonds. The van der Waals surface area contributed by atoms with E-state index in [9.17, 15) is 12.8 Å². The zero-order chi connectivity index (χ0) is 18.0. The lowest BCUT2D eigenvalue weighted by Crippen LogP contribution is -2.31. The third-order valence-corrected chi connectivity index (χ3v) is 6.34. The largest absolute Gasteiger partial charge is 0.495 e. The van der Waals surface area contributed by atoms with Crippen molar-refractivity contribution in [3.63, 3.8) is 0 Å². The molecule has 134 valence electrons. The Bertz CT molecular complexity index is 878. The number of rotatable bonds is 5. The first-order valence-electron chi connectivity index (χ1n) is 7.52. The van der Waals surface area contributed by atoms with Crippen LogP contribution in [0.1, 0.15) is 6.42 Å². The number of hydrogen-bond acceptors (Lipinski definition) is 5. The second kappa shape index (κ2) is 7.27. The lowest BCUT2D eigenvalue weighted by atomic mass is 10.3. The van der Waals surface area contributed by atoms with Gasteiger partial charge in [-0.15, -0.1) is 0 Å². The van der Waals surface area contributed by atoms with Crippen molar-refractivity contribution in [3.05, 3.63) is 46.8 Å². The highest BCUT2D eigenvalue weighted by atomic mass is 79.9. The number of methoxy groups -OCH3 is 1. The van der Waals surface area contributed by atoms with Crippen molar-refractivity contribution in [2.45, 2.75) is 17.4 Å². The highest BCUT2D eigenvalue weighted by molar-refractivity contribution is 9.10. The molecule has 0 spiro atoms. The summed E-state index contributed by atoms with van der Waals surface area (Å²) < 4.78 is 52.0. The van der Waals surface area contributed by atoms with E-state index in [1.165, 1.54) is 17.5 Å². The van der Waals surface area contributed by atoms with Crippen LogP contribution in [0.25, 0.3) is 0 Å². The van der Waals surface area contributed by atoms with E-state index in [0.717, 1.165) is 12.1 Å². The molecular weight excluding hydrogens is 415 g/mol. The molecule has 1 fully saturated rings. The predicted octanol–water partition coefficient (Wildman–Crippen LogP) is 2.83. The number of ether oxygens (including phenoxy) is 2. The summed E-state index contributed by atoms with van der Waals surface area (Å²) in [6.07, 6.45) is 1.78. The smallest absolute Gasteiger partial charge is 0.246 e. The Morgan fingerprint density at radius 2 is 2.16 bits per heavy atom. The average Bonchev–Trinajstić information content (AvgIpc) is 3.06. The van der Waals surface area contributed by atoms with Crippen molar-refractivity contribution >= 4 is 26.0 Å². The van der Waals surface area contributed by atoms with Crippen molar-refractivity contribution in [3.8, 4) is 11.6 Å². The van der Waals surface area contributed by atoms with E-state index in [1.807, 2.05) is 0 Å². The molecule has 0 bridgehead atoms. The summed E-state index contributed by atoms with van der Waals surface area (Å²) >= 11 is 3.34. The van der Waals surface area contributed by atoms with Crippen LogP contribution in [0.2, 0.25) is 0 Å². The first kappa shape index (κ1) is 18.1. The highest BCUT2D eigenvalue weighted by Crippen LogP contribution is 2.31. The third kappa shape index (κ3) is 3.78. The van der Waals surface area contributed by atoms with Crippen LogP contribution in [-0.2, 0) is 10.0 Å². The predicted molar refractivity (Wildman–Crippen MR) is 92.7 cm³/mol. The zero-order valence-electron chi connectivity index (χ0n) is 13.4. The van der Waals surface area contributed by atoms with Crippen molar-refractivity contribution in [2.75, 3.05) is 20.2 Å². The molecule has 9 heteroatoms. The molecule has 0 saturated carbocycles. The van der Waals surface area contributed by atoms with E-state index in [2.05, 4.69) is 20.9 Å². The number of sulfonamides is 1. The van der Waals surface area contributed by atoms with E-state index in [4.69, 9.17) is 9.47 Å². The lowest BCUT2D eigenvalue weighted by molar-refractivity contribution is 0.205. The Labute approximate surface area is 153 Å². The summed E-state index contributed by atoms with van der Waals surface area (Å²) in [5.41, 5.74) is 0. The fourth-order valence-corrected chi connectivity index (χ4v) is 4.62. The summed E-state index contributed by atoms with van der Waals surface area (Å²) in [5, 5.41) is 0. The molecular formula is C16H16BrFN2O4S. The molecule has 0 aliphatic carbocycles. The molecule has 0 N–H and O–H groups in total. The maximum Gasteiger partial charge on any atom is 0.246 e. The zero-order valence-corrected chi connectivity index (χ0v) is 15.8.